The molecule has 0 N–H and O–H groups in total. The van der Waals surface area contributed by atoms with Gasteiger partial charge in [-0.1, -0.05) is 29.3 Å². The molecule has 12 heteroatoms. The van der Waals surface area contributed by atoms with Gasteiger partial charge in [0.05, 0.1) is 32.9 Å². The highest BCUT2D eigenvalue weighted by atomic mass is 35.5. The summed E-state index contributed by atoms with van der Waals surface area (Å²) < 4.78 is 80.8. The molecule has 182 valence electrons. The Morgan fingerprint density at radius 3 is 2.41 bits per heavy atom. The van der Waals surface area contributed by atoms with Crippen molar-refractivity contribution in [2.45, 2.75) is 36.4 Å². The Kier molecular flexibility index (Phi) is 5.38. The van der Waals surface area contributed by atoms with E-state index in [2.05, 4.69) is 5.10 Å². The average Bonchev–Trinajstić information content (AvgIpc) is 3.36. The average molecular weight is 517 g/mol. The van der Waals surface area contributed by atoms with E-state index in [1.54, 1.807) is 12.1 Å². The van der Waals surface area contributed by atoms with Crippen LogP contribution in [-0.2, 0) is 10.0 Å². The molecule has 1 saturated heterocycles. The SMILES string of the molecule is Cc1ccc(S(=O)(=O)n2nc(N3CCN(CC(F)(F)F)CC34CC4)c3c(Cl)cc(F)cc32)cc1. The molecule has 2 aliphatic rings. The van der Waals surface area contributed by atoms with E-state index in [1.807, 2.05) is 11.8 Å². The lowest BCUT2D eigenvalue weighted by Crippen LogP contribution is -2.57. The number of piperazine rings is 1. The minimum atomic E-state index is -4.31. The Balaban J connectivity index is 1.62. The van der Waals surface area contributed by atoms with Crippen LogP contribution in [0.4, 0.5) is 23.4 Å². The maximum atomic E-state index is 14.3. The van der Waals surface area contributed by atoms with Gasteiger partial charge in [0.2, 0.25) is 0 Å². The van der Waals surface area contributed by atoms with Gasteiger partial charge in [0.1, 0.15) is 5.82 Å². The summed E-state index contributed by atoms with van der Waals surface area (Å²) in [5, 5.41) is 4.63. The van der Waals surface area contributed by atoms with E-state index in [0.717, 1.165) is 21.8 Å². The topological polar surface area (TPSA) is 58.4 Å². The summed E-state index contributed by atoms with van der Waals surface area (Å²) in [6.07, 6.45) is -3.03. The van der Waals surface area contributed by atoms with Gasteiger partial charge < -0.3 is 4.90 Å². The first-order chi connectivity index (χ1) is 15.9. The van der Waals surface area contributed by atoms with Gasteiger partial charge in [0.25, 0.3) is 10.0 Å². The van der Waals surface area contributed by atoms with E-state index in [0.29, 0.717) is 12.8 Å². The standard InChI is InChI=1S/C22H21ClF4N4O2S/c1-14-2-4-16(5-3-14)34(32,33)31-18-11-15(24)10-17(23)19(18)20(28-31)30-9-8-29(13-22(25,26)27)12-21(30)6-7-21/h2-5,10-11H,6-9,12-13H2,1H3. The third-order valence-electron chi connectivity index (χ3n) is 6.41. The zero-order valence-corrected chi connectivity index (χ0v) is 19.7. The summed E-state index contributed by atoms with van der Waals surface area (Å²) in [6, 6.07) is 8.31. The summed E-state index contributed by atoms with van der Waals surface area (Å²) in [5.41, 5.74) is 0.251. The predicted molar refractivity (Wildman–Crippen MR) is 120 cm³/mol. The molecule has 0 atom stereocenters. The number of rotatable bonds is 4. The number of benzene rings is 2. The number of hydrogen-bond acceptors (Lipinski definition) is 5. The van der Waals surface area contributed by atoms with Gasteiger partial charge in [-0.25, -0.2) is 4.39 Å². The van der Waals surface area contributed by atoms with Gasteiger partial charge >= 0.3 is 6.18 Å². The van der Waals surface area contributed by atoms with Crippen molar-refractivity contribution in [1.82, 2.24) is 14.1 Å². The van der Waals surface area contributed by atoms with Crippen LogP contribution in [0.5, 0.6) is 0 Å². The third kappa shape index (κ3) is 4.03. The van der Waals surface area contributed by atoms with Gasteiger partial charge in [-0.15, -0.1) is 5.10 Å². The van der Waals surface area contributed by atoms with Gasteiger partial charge in [-0.05, 0) is 38.0 Å². The molecule has 0 amide bonds. The first kappa shape index (κ1) is 23.4. The van der Waals surface area contributed by atoms with Crippen molar-refractivity contribution >= 4 is 38.3 Å². The maximum Gasteiger partial charge on any atom is 0.401 e. The molecule has 6 nitrogen and oxygen atoms in total. The summed E-state index contributed by atoms with van der Waals surface area (Å²) in [7, 11) is -4.19. The van der Waals surface area contributed by atoms with Crippen molar-refractivity contribution in [1.29, 1.82) is 0 Å². The Hall–Kier alpha value is -2.37. The van der Waals surface area contributed by atoms with Crippen molar-refractivity contribution in [2.24, 2.45) is 0 Å². The molecular weight excluding hydrogens is 496 g/mol. The molecule has 5 rings (SSSR count). The third-order valence-corrected chi connectivity index (χ3v) is 8.31. The Bertz CT molecular complexity index is 1370. The molecule has 1 aromatic heterocycles. The maximum absolute atomic E-state index is 14.3. The van der Waals surface area contributed by atoms with E-state index < -0.39 is 34.1 Å². The van der Waals surface area contributed by atoms with E-state index >= 15 is 0 Å². The molecule has 1 aliphatic heterocycles. The van der Waals surface area contributed by atoms with Crippen LogP contribution < -0.4 is 4.90 Å². The molecule has 2 aromatic carbocycles. The lowest BCUT2D eigenvalue weighted by Gasteiger charge is -2.42. The van der Waals surface area contributed by atoms with Crippen molar-refractivity contribution in [3.63, 3.8) is 0 Å². The summed E-state index contributed by atoms with van der Waals surface area (Å²) in [6.45, 7) is 1.32. The molecule has 0 bridgehead atoms. The second-order valence-corrected chi connectivity index (χ2v) is 11.1. The zero-order chi connectivity index (χ0) is 24.5. The van der Waals surface area contributed by atoms with Crippen LogP contribution in [0.1, 0.15) is 18.4 Å². The van der Waals surface area contributed by atoms with Crippen LogP contribution in [0.15, 0.2) is 41.3 Å². The number of fused-ring (bicyclic) bond motifs is 1. The van der Waals surface area contributed by atoms with E-state index in [4.69, 9.17) is 11.6 Å². The van der Waals surface area contributed by atoms with Crippen LogP contribution in [0.3, 0.4) is 0 Å². The molecule has 2 heterocycles. The number of hydrogen-bond donors (Lipinski definition) is 0. The largest absolute Gasteiger partial charge is 0.401 e. The quantitative estimate of drug-likeness (QED) is 0.475. The molecule has 0 unspecified atom stereocenters. The minimum absolute atomic E-state index is 0.0103. The van der Waals surface area contributed by atoms with Crippen LogP contribution in [0, 0.1) is 12.7 Å². The molecule has 34 heavy (non-hydrogen) atoms. The van der Waals surface area contributed by atoms with Crippen LogP contribution in [0.25, 0.3) is 10.9 Å². The van der Waals surface area contributed by atoms with Crippen LogP contribution >= 0.6 is 11.6 Å². The Morgan fingerprint density at radius 1 is 1.12 bits per heavy atom. The van der Waals surface area contributed by atoms with Gasteiger partial charge in [-0.2, -0.15) is 25.7 Å². The summed E-state index contributed by atoms with van der Waals surface area (Å²) in [5.74, 6) is -0.486. The highest BCUT2D eigenvalue weighted by molar-refractivity contribution is 7.90. The monoisotopic (exact) mass is 516 g/mol. The smallest absolute Gasteiger partial charge is 0.346 e. The fourth-order valence-corrected chi connectivity index (χ4v) is 6.21. The fraction of sp³-hybridized carbons (Fsp3) is 0.409. The van der Waals surface area contributed by atoms with E-state index in [9.17, 15) is 26.0 Å². The van der Waals surface area contributed by atoms with Crippen molar-refractivity contribution in [3.05, 3.63) is 52.8 Å². The highest BCUT2D eigenvalue weighted by Crippen LogP contribution is 2.49. The summed E-state index contributed by atoms with van der Waals surface area (Å²) in [4.78, 5) is 3.17. The number of halogens is 5. The number of aryl methyl sites for hydroxylation is 1. The van der Waals surface area contributed by atoms with E-state index in [-0.39, 0.29) is 46.3 Å². The van der Waals surface area contributed by atoms with Crippen molar-refractivity contribution < 1.29 is 26.0 Å². The minimum Gasteiger partial charge on any atom is -0.346 e. The first-order valence-electron chi connectivity index (χ1n) is 10.7. The molecule has 2 fully saturated rings. The van der Waals surface area contributed by atoms with Gasteiger partial charge in [0.15, 0.2) is 5.82 Å². The normalized spacial score (nSPS) is 18.7. The lowest BCUT2D eigenvalue weighted by atomic mass is 10.1. The number of aromatic nitrogens is 2. The molecule has 0 radical (unpaired) electrons. The second kappa shape index (κ2) is 7.82. The highest BCUT2D eigenvalue weighted by Gasteiger charge is 2.53. The Labute approximate surface area is 198 Å². The fourth-order valence-electron chi connectivity index (χ4n) is 4.65. The van der Waals surface area contributed by atoms with Crippen LogP contribution in [0.2, 0.25) is 5.02 Å². The summed E-state index contributed by atoms with van der Waals surface area (Å²) >= 11 is 6.37. The van der Waals surface area contributed by atoms with Crippen molar-refractivity contribution in [3.8, 4) is 0 Å². The zero-order valence-electron chi connectivity index (χ0n) is 18.1. The number of alkyl halides is 3. The number of nitrogens with zero attached hydrogens (tertiary/aromatic N) is 4. The Morgan fingerprint density at radius 2 is 1.79 bits per heavy atom. The first-order valence-corrected chi connectivity index (χ1v) is 12.5. The van der Waals surface area contributed by atoms with Gasteiger partial charge in [0, 0.05) is 25.7 Å². The van der Waals surface area contributed by atoms with Gasteiger partial charge in [-0.3, -0.25) is 4.90 Å². The molecule has 1 aliphatic carbocycles. The van der Waals surface area contributed by atoms with E-state index in [1.165, 1.54) is 17.0 Å². The number of anilines is 1. The molecule has 1 saturated carbocycles. The molecule has 3 aromatic rings. The van der Waals surface area contributed by atoms with Crippen molar-refractivity contribution in [2.75, 3.05) is 31.1 Å². The van der Waals surface area contributed by atoms with Crippen LogP contribution in [-0.4, -0.2) is 60.4 Å². The molecule has 1 spiro atoms. The molecular formula is C22H21ClF4N4O2S. The second-order valence-electron chi connectivity index (χ2n) is 8.97. The predicted octanol–water partition coefficient (Wildman–Crippen LogP) is 4.59. The lowest BCUT2D eigenvalue weighted by molar-refractivity contribution is -0.147.